The van der Waals surface area contributed by atoms with Crippen molar-refractivity contribution in [2.45, 2.75) is 0 Å². The first kappa shape index (κ1) is 14.7. The van der Waals surface area contributed by atoms with Gasteiger partial charge in [-0.05, 0) is 12.1 Å². The van der Waals surface area contributed by atoms with Gasteiger partial charge in [-0.3, -0.25) is 0 Å². The smallest absolute Gasteiger partial charge is 0.337 e. The van der Waals surface area contributed by atoms with Crippen molar-refractivity contribution in [3.8, 4) is 0 Å². The summed E-state index contributed by atoms with van der Waals surface area (Å²) in [6.07, 6.45) is 1.12. The van der Waals surface area contributed by atoms with Gasteiger partial charge in [0, 0.05) is 26.2 Å². The fourth-order valence-corrected chi connectivity index (χ4v) is 3.08. The minimum atomic E-state index is -3.27. The van der Waals surface area contributed by atoms with E-state index in [1.807, 2.05) is 0 Å². The Morgan fingerprint density at radius 1 is 1.25 bits per heavy atom. The number of anilines is 1. The summed E-state index contributed by atoms with van der Waals surface area (Å²) in [7, 11) is -3.27. The standard InChI is InChI=1S/C12H15FN2O4S/c1-20(18,19)15-7-5-14(6-8-15)11-9(12(16)17)3-2-4-10(11)13/h2-4H,5-8H2,1H3,(H,16,17). The minimum Gasteiger partial charge on any atom is -0.478 e. The lowest BCUT2D eigenvalue weighted by Crippen LogP contribution is -2.49. The summed E-state index contributed by atoms with van der Waals surface area (Å²) in [4.78, 5) is 12.7. The van der Waals surface area contributed by atoms with Gasteiger partial charge in [-0.25, -0.2) is 17.6 Å². The number of para-hydroxylation sites is 1. The van der Waals surface area contributed by atoms with Crippen molar-refractivity contribution in [3.63, 3.8) is 0 Å². The highest BCUT2D eigenvalue weighted by Crippen LogP contribution is 2.26. The van der Waals surface area contributed by atoms with Gasteiger partial charge in [0.25, 0.3) is 0 Å². The maximum absolute atomic E-state index is 13.9. The zero-order chi connectivity index (χ0) is 14.9. The Morgan fingerprint density at radius 2 is 1.85 bits per heavy atom. The van der Waals surface area contributed by atoms with Crippen molar-refractivity contribution < 1.29 is 22.7 Å². The molecule has 20 heavy (non-hydrogen) atoms. The van der Waals surface area contributed by atoms with E-state index in [1.165, 1.54) is 22.5 Å². The van der Waals surface area contributed by atoms with Gasteiger partial charge in [-0.1, -0.05) is 6.07 Å². The van der Waals surface area contributed by atoms with Crippen molar-refractivity contribution in [3.05, 3.63) is 29.6 Å². The Morgan fingerprint density at radius 3 is 2.35 bits per heavy atom. The molecule has 1 aliphatic heterocycles. The van der Waals surface area contributed by atoms with Crippen LogP contribution >= 0.6 is 0 Å². The third-order valence-electron chi connectivity index (χ3n) is 3.24. The second kappa shape index (κ2) is 5.37. The van der Waals surface area contributed by atoms with Gasteiger partial charge in [0.2, 0.25) is 10.0 Å². The van der Waals surface area contributed by atoms with Crippen LogP contribution in [0.15, 0.2) is 18.2 Å². The normalized spacial score (nSPS) is 17.2. The van der Waals surface area contributed by atoms with E-state index < -0.39 is 21.8 Å². The van der Waals surface area contributed by atoms with Crippen LogP contribution in [0.3, 0.4) is 0 Å². The lowest BCUT2D eigenvalue weighted by Gasteiger charge is -2.35. The van der Waals surface area contributed by atoms with Crippen molar-refractivity contribution in [2.24, 2.45) is 0 Å². The highest BCUT2D eigenvalue weighted by molar-refractivity contribution is 7.88. The molecule has 1 aliphatic rings. The van der Waals surface area contributed by atoms with Crippen LogP contribution in [0.1, 0.15) is 10.4 Å². The number of aromatic carboxylic acids is 1. The maximum atomic E-state index is 13.9. The first-order chi connectivity index (χ1) is 9.30. The SMILES string of the molecule is CS(=O)(=O)N1CCN(c2c(F)cccc2C(=O)O)CC1. The predicted octanol–water partition coefficient (Wildman–Crippen LogP) is 0.605. The molecule has 0 bridgehead atoms. The van der Waals surface area contributed by atoms with Crippen molar-refractivity contribution in [1.29, 1.82) is 0 Å². The molecule has 0 unspecified atom stereocenters. The monoisotopic (exact) mass is 302 g/mol. The van der Waals surface area contributed by atoms with Crippen LogP contribution in [0.4, 0.5) is 10.1 Å². The molecule has 1 fully saturated rings. The maximum Gasteiger partial charge on any atom is 0.337 e. The van der Waals surface area contributed by atoms with Crippen molar-refractivity contribution in [2.75, 3.05) is 37.3 Å². The molecule has 0 aromatic heterocycles. The molecule has 0 radical (unpaired) electrons. The number of sulfonamides is 1. The molecule has 1 aromatic rings. The second-order valence-electron chi connectivity index (χ2n) is 4.59. The molecule has 1 heterocycles. The Hall–Kier alpha value is -1.67. The molecule has 8 heteroatoms. The first-order valence-corrected chi connectivity index (χ1v) is 7.87. The number of hydrogen-bond donors (Lipinski definition) is 1. The Labute approximate surface area is 116 Å². The van der Waals surface area contributed by atoms with Crippen molar-refractivity contribution in [1.82, 2.24) is 4.31 Å². The van der Waals surface area contributed by atoms with E-state index in [4.69, 9.17) is 5.11 Å². The molecule has 1 aromatic carbocycles. The zero-order valence-corrected chi connectivity index (χ0v) is 11.7. The van der Waals surface area contributed by atoms with Crippen molar-refractivity contribution >= 4 is 21.7 Å². The average molecular weight is 302 g/mol. The van der Waals surface area contributed by atoms with Gasteiger partial charge in [-0.15, -0.1) is 0 Å². The van der Waals surface area contributed by atoms with Crippen LogP contribution in [0.25, 0.3) is 0 Å². The molecular formula is C12H15FN2O4S. The Bertz CT molecular complexity index is 624. The van der Waals surface area contributed by atoms with Crippen LogP contribution in [0.2, 0.25) is 0 Å². The van der Waals surface area contributed by atoms with Crippen LogP contribution < -0.4 is 4.90 Å². The molecule has 0 spiro atoms. The number of nitrogens with zero attached hydrogens (tertiary/aromatic N) is 2. The number of halogens is 1. The summed E-state index contributed by atoms with van der Waals surface area (Å²) in [5.41, 5.74) is -0.0917. The summed E-state index contributed by atoms with van der Waals surface area (Å²) in [6.45, 7) is 0.945. The summed E-state index contributed by atoms with van der Waals surface area (Å²) in [5, 5.41) is 9.10. The van der Waals surface area contributed by atoms with Gasteiger partial charge in [-0.2, -0.15) is 4.31 Å². The number of rotatable bonds is 3. The summed E-state index contributed by atoms with van der Waals surface area (Å²) in [5.74, 6) is -1.82. The third kappa shape index (κ3) is 2.91. The van der Waals surface area contributed by atoms with Gasteiger partial charge in [0.1, 0.15) is 5.82 Å². The third-order valence-corrected chi connectivity index (χ3v) is 4.54. The lowest BCUT2D eigenvalue weighted by molar-refractivity contribution is 0.0697. The first-order valence-electron chi connectivity index (χ1n) is 6.02. The van der Waals surface area contributed by atoms with Gasteiger partial charge < -0.3 is 10.0 Å². The molecule has 1 saturated heterocycles. The molecule has 110 valence electrons. The number of hydrogen-bond acceptors (Lipinski definition) is 4. The van der Waals surface area contributed by atoms with Gasteiger partial charge >= 0.3 is 5.97 Å². The van der Waals surface area contributed by atoms with Crippen LogP contribution in [-0.4, -0.2) is 56.2 Å². The van der Waals surface area contributed by atoms with E-state index >= 15 is 0 Å². The van der Waals surface area contributed by atoms with E-state index in [0.717, 1.165) is 6.26 Å². The molecule has 0 atom stereocenters. The second-order valence-corrected chi connectivity index (χ2v) is 6.57. The number of piperazine rings is 1. The molecule has 2 rings (SSSR count). The highest BCUT2D eigenvalue weighted by Gasteiger charge is 2.27. The summed E-state index contributed by atoms with van der Waals surface area (Å²) < 4.78 is 38.0. The van der Waals surface area contributed by atoms with E-state index in [0.29, 0.717) is 0 Å². The molecule has 6 nitrogen and oxygen atoms in total. The van der Waals surface area contributed by atoms with E-state index in [9.17, 15) is 17.6 Å². The minimum absolute atomic E-state index is 0.0214. The summed E-state index contributed by atoms with van der Waals surface area (Å²) >= 11 is 0. The van der Waals surface area contributed by atoms with Crippen LogP contribution in [0.5, 0.6) is 0 Å². The number of carbonyl (C=O) groups is 1. The largest absolute Gasteiger partial charge is 0.478 e. The molecule has 0 saturated carbocycles. The number of carboxylic acids is 1. The molecule has 1 N–H and O–H groups in total. The fraction of sp³-hybridized carbons (Fsp3) is 0.417. The zero-order valence-electron chi connectivity index (χ0n) is 10.9. The van der Waals surface area contributed by atoms with E-state index in [1.54, 1.807) is 4.90 Å². The van der Waals surface area contributed by atoms with Gasteiger partial charge in [0.15, 0.2) is 0 Å². The van der Waals surface area contributed by atoms with E-state index in [2.05, 4.69) is 0 Å². The number of carboxylic acid groups (broad SMARTS) is 1. The lowest BCUT2D eigenvalue weighted by atomic mass is 10.1. The topological polar surface area (TPSA) is 77.9 Å². The van der Waals surface area contributed by atoms with E-state index in [-0.39, 0.29) is 37.4 Å². The Balaban J connectivity index is 2.25. The average Bonchev–Trinajstić information content (AvgIpc) is 2.37. The molecule has 0 aliphatic carbocycles. The quantitative estimate of drug-likeness (QED) is 0.885. The van der Waals surface area contributed by atoms with Gasteiger partial charge in [0.05, 0.1) is 17.5 Å². The number of benzene rings is 1. The van der Waals surface area contributed by atoms with Crippen LogP contribution in [0, 0.1) is 5.82 Å². The Kier molecular flexibility index (Phi) is 3.96. The highest BCUT2D eigenvalue weighted by atomic mass is 32.2. The molecule has 0 amide bonds. The van der Waals surface area contributed by atoms with Crippen LogP contribution in [-0.2, 0) is 10.0 Å². The fourth-order valence-electron chi connectivity index (χ4n) is 2.25. The summed E-state index contributed by atoms with van der Waals surface area (Å²) in [6, 6.07) is 3.88. The predicted molar refractivity (Wildman–Crippen MR) is 72.0 cm³/mol. The molecular weight excluding hydrogens is 287 g/mol.